The van der Waals surface area contributed by atoms with Gasteiger partial charge in [0.05, 0.1) is 0 Å². The highest BCUT2D eigenvalue weighted by Gasteiger charge is 2.16. The summed E-state index contributed by atoms with van der Waals surface area (Å²) in [4.78, 5) is 4.11. The first-order valence-electron chi connectivity index (χ1n) is 8.51. The van der Waals surface area contributed by atoms with E-state index in [4.69, 9.17) is 0 Å². The van der Waals surface area contributed by atoms with E-state index >= 15 is 0 Å². The van der Waals surface area contributed by atoms with Crippen LogP contribution in [0.4, 0.5) is 0 Å². The van der Waals surface area contributed by atoms with Crippen LogP contribution in [0.3, 0.4) is 0 Å². The molecular formula is C21H17BrN4S. The lowest BCUT2D eigenvalue weighted by atomic mass is 10.2. The zero-order valence-corrected chi connectivity index (χ0v) is 17.1. The zero-order valence-electron chi connectivity index (χ0n) is 14.7. The minimum Gasteiger partial charge on any atom is -0.270 e. The van der Waals surface area contributed by atoms with Crippen molar-refractivity contribution < 1.29 is 0 Å². The lowest BCUT2D eigenvalue weighted by Gasteiger charge is -2.11. The minimum absolute atomic E-state index is 0.819. The standard InChI is InChI=1S/C21H17BrN4S/c1-15-2-8-19(9-3-15)26-20(17-10-12-23-13-11-17)24-25-21(26)27-14-16-4-6-18(22)7-5-16/h2-13H,14H2,1H3. The minimum atomic E-state index is 0.819. The highest BCUT2D eigenvalue weighted by atomic mass is 79.9. The number of hydrogen-bond acceptors (Lipinski definition) is 4. The highest BCUT2D eigenvalue weighted by Crippen LogP contribution is 2.30. The van der Waals surface area contributed by atoms with Gasteiger partial charge in [0.2, 0.25) is 0 Å². The molecule has 0 N–H and O–H groups in total. The molecule has 0 saturated carbocycles. The van der Waals surface area contributed by atoms with Gasteiger partial charge in [-0.15, -0.1) is 10.2 Å². The van der Waals surface area contributed by atoms with Crippen LogP contribution in [0.25, 0.3) is 17.1 Å². The van der Waals surface area contributed by atoms with Crippen LogP contribution in [0, 0.1) is 6.92 Å². The first kappa shape index (κ1) is 17.9. The van der Waals surface area contributed by atoms with Crippen molar-refractivity contribution in [3.05, 3.63) is 88.7 Å². The van der Waals surface area contributed by atoms with E-state index in [1.54, 1.807) is 24.2 Å². The monoisotopic (exact) mass is 436 g/mol. The zero-order chi connectivity index (χ0) is 18.6. The van der Waals surface area contributed by atoms with Crippen LogP contribution in [0.15, 0.2) is 82.7 Å². The van der Waals surface area contributed by atoms with E-state index in [1.165, 1.54) is 11.1 Å². The molecule has 0 amide bonds. The molecule has 6 heteroatoms. The molecule has 0 fully saturated rings. The predicted molar refractivity (Wildman–Crippen MR) is 113 cm³/mol. The van der Waals surface area contributed by atoms with Crippen molar-refractivity contribution in [2.45, 2.75) is 17.8 Å². The Bertz CT molecular complexity index is 1030. The number of thioether (sulfide) groups is 1. The maximum absolute atomic E-state index is 4.47. The Kier molecular flexibility index (Phi) is 5.36. The van der Waals surface area contributed by atoms with Gasteiger partial charge in [-0.3, -0.25) is 9.55 Å². The number of hydrogen-bond donors (Lipinski definition) is 0. The maximum Gasteiger partial charge on any atom is 0.196 e. The fraction of sp³-hybridized carbons (Fsp3) is 0.0952. The summed E-state index contributed by atoms with van der Waals surface area (Å²) in [6.45, 7) is 2.09. The van der Waals surface area contributed by atoms with Crippen LogP contribution in [-0.2, 0) is 5.75 Å². The van der Waals surface area contributed by atoms with E-state index in [0.717, 1.165) is 32.5 Å². The summed E-state index contributed by atoms with van der Waals surface area (Å²) in [5, 5.41) is 9.81. The smallest absolute Gasteiger partial charge is 0.196 e. The lowest BCUT2D eigenvalue weighted by molar-refractivity contribution is 0.885. The highest BCUT2D eigenvalue weighted by molar-refractivity contribution is 9.10. The van der Waals surface area contributed by atoms with Crippen molar-refractivity contribution in [3.8, 4) is 17.1 Å². The number of rotatable bonds is 5. The first-order chi connectivity index (χ1) is 13.2. The molecular weight excluding hydrogens is 420 g/mol. The average molecular weight is 437 g/mol. The second-order valence-electron chi connectivity index (χ2n) is 6.13. The number of benzene rings is 2. The lowest BCUT2D eigenvalue weighted by Crippen LogP contribution is -2.00. The summed E-state index contributed by atoms with van der Waals surface area (Å²) < 4.78 is 3.19. The summed E-state index contributed by atoms with van der Waals surface area (Å²) in [6, 6.07) is 20.7. The number of nitrogens with zero attached hydrogens (tertiary/aromatic N) is 4. The van der Waals surface area contributed by atoms with Gasteiger partial charge in [0.25, 0.3) is 0 Å². The van der Waals surface area contributed by atoms with E-state index in [2.05, 4.69) is 91.1 Å². The molecule has 4 nitrogen and oxygen atoms in total. The molecule has 134 valence electrons. The SMILES string of the molecule is Cc1ccc(-n2c(SCc3ccc(Br)cc3)nnc2-c2ccncc2)cc1. The van der Waals surface area contributed by atoms with Crippen molar-refractivity contribution in [2.75, 3.05) is 0 Å². The van der Waals surface area contributed by atoms with Gasteiger partial charge in [-0.05, 0) is 48.9 Å². The number of halogens is 1. The molecule has 4 rings (SSSR count). The summed E-state index contributed by atoms with van der Waals surface area (Å²) in [5.74, 6) is 1.65. The Morgan fingerprint density at radius 2 is 1.59 bits per heavy atom. The van der Waals surface area contributed by atoms with Crippen LogP contribution in [0.1, 0.15) is 11.1 Å². The summed E-state index contributed by atoms with van der Waals surface area (Å²) in [6.07, 6.45) is 3.55. The number of pyridine rings is 1. The van der Waals surface area contributed by atoms with Crippen molar-refractivity contribution in [1.29, 1.82) is 0 Å². The quantitative estimate of drug-likeness (QED) is 0.376. The second kappa shape index (κ2) is 8.06. The summed E-state index contributed by atoms with van der Waals surface area (Å²) >= 11 is 5.16. The molecule has 0 aliphatic heterocycles. The Balaban J connectivity index is 1.71. The first-order valence-corrected chi connectivity index (χ1v) is 10.3. The third-order valence-corrected chi connectivity index (χ3v) is 5.67. The van der Waals surface area contributed by atoms with Gasteiger partial charge in [0, 0.05) is 33.9 Å². The molecule has 0 aliphatic carbocycles. The molecule has 27 heavy (non-hydrogen) atoms. The van der Waals surface area contributed by atoms with Crippen molar-refractivity contribution in [1.82, 2.24) is 19.7 Å². The van der Waals surface area contributed by atoms with Gasteiger partial charge >= 0.3 is 0 Å². The molecule has 0 spiro atoms. The average Bonchev–Trinajstić information content (AvgIpc) is 3.13. The molecule has 0 saturated heterocycles. The van der Waals surface area contributed by atoms with Crippen molar-refractivity contribution in [2.24, 2.45) is 0 Å². The molecule has 0 unspecified atom stereocenters. The molecule has 2 aromatic carbocycles. The van der Waals surface area contributed by atoms with E-state index in [-0.39, 0.29) is 0 Å². The van der Waals surface area contributed by atoms with Gasteiger partial charge in [-0.1, -0.05) is 57.5 Å². The normalized spacial score (nSPS) is 10.9. The van der Waals surface area contributed by atoms with Gasteiger partial charge in [0.1, 0.15) is 0 Å². The van der Waals surface area contributed by atoms with E-state index in [1.807, 2.05) is 12.1 Å². The van der Waals surface area contributed by atoms with Gasteiger partial charge < -0.3 is 0 Å². The Labute approximate surface area is 170 Å². The molecule has 0 aliphatic rings. The molecule has 2 aromatic heterocycles. The van der Waals surface area contributed by atoms with Crippen LogP contribution in [-0.4, -0.2) is 19.7 Å². The van der Waals surface area contributed by atoms with Gasteiger partial charge in [0.15, 0.2) is 11.0 Å². The molecule has 0 radical (unpaired) electrons. The van der Waals surface area contributed by atoms with Crippen LogP contribution in [0.5, 0.6) is 0 Å². The number of aryl methyl sites for hydroxylation is 1. The summed E-state index contributed by atoms with van der Waals surface area (Å²) in [7, 11) is 0. The Morgan fingerprint density at radius 3 is 2.30 bits per heavy atom. The largest absolute Gasteiger partial charge is 0.270 e. The second-order valence-corrected chi connectivity index (χ2v) is 7.99. The van der Waals surface area contributed by atoms with Crippen LogP contribution >= 0.6 is 27.7 Å². The third kappa shape index (κ3) is 4.12. The van der Waals surface area contributed by atoms with Crippen LogP contribution < -0.4 is 0 Å². The molecule has 4 aromatic rings. The molecule has 2 heterocycles. The van der Waals surface area contributed by atoms with E-state index in [9.17, 15) is 0 Å². The van der Waals surface area contributed by atoms with Crippen molar-refractivity contribution >= 4 is 27.7 Å². The van der Waals surface area contributed by atoms with Gasteiger partial charge in [-0.2, -0.15) is 0 Å². The number of aromatic nitrogens is 4. The fourth-order valence-corrected chi connectivity index (χ4v) is 3.88. The molecule has 0 bridgehead atoms. The third-order valence-electron chi connectivity index (χ3n) is 4.15. The van der Waals surface area contributed by atoms with E-state index < -0.39 is 0 Å². The van der Waals surface area contributed by atoms with E-state index in [0.29, 0.717) is 0 Å². The van der Waals surface area contributed by atoms with Gasteiger partial charge in [-0.25, -0.2) is 0 Å². The van der Waals surface area contributed by atoms with Crippen LogP contribution in [0.2, 0.25) is 0 Å². The molecule has 0 atom stereocenters. The van der Waals surface area contributed by atoms with Crippen molar-refractivity contribution in [3.63, 3.8) is 0 Å². The maximum atomic E-state index is 4.47. The predicted octanol–water partition coefficient (Wildman–Crippen LogP) is 5.69. The Hall–Kier alpha value is -2.44. The Morgan fingerprint density at radius 1 is 0.889 bits per heavy atom. The fourth-order valence-electron chi connectivity index (χ4n) is 2.71. The topological polar surface area (TPSA) is 43.6 Å². The summed E-state index contributed by atoms with van der Waals surface area (Å²) in [5.41, 5.74) is 4.51.